The highest BCUT2D eigenvalue weighted by Gasteiger charge is 2.21. The molecule has 20 heavy (non-hydrogen) atoms. The quantitative estimate of drug-likeness (QED) is 0.798. The summed E-state index contributed by atoms with van der Waals surface area (Å²) in [5.74, 6) is -0.111. The van der Waals surface area contributed by atoms with Crippen molar-refractivity contribution in [3.05, 3.63) is 26.7 Å². The number of aromatic nitrogens is 2. The van der Waals surface area contributed by atoms with Crippen molar-refractivity contribution >= 4 is 44.8 Å². The smallest absolute Gasteiger partial charge is 0.388 e. The van der Waals surface area contributed by atoms with E-state index < -0.39 is 6.61 Å². The van der Waals surface area contributed by atoms with Crippen molar-refractivity contribution in [1.29, 1.82) is 0 Å². The van der Waals surface area contributed by atoms with Gasteiger partial charge in [-0.05, 0) is 28.1 Å². The van der Waals surface area contributed by atoms with Gasteiger partial charge in [0.05, 0.1) is 15.7 Å². The van der Waals surface area contributed by atoms with Crippen LogP contribution in [-0.4, -0.2) is 16.4 Å². The fourth-order valence-electron chi connectivity index (χ4n) is 1.61. The predicted molar refractivity (Wildman–Crippen MR) is 77.4 cm³/mol. The van der Waals surface area contributed by atoms with Crippen molar-refractivity contribution in [3.8, 4) is 17.1 Å². The first-order valence-corrected chi connectivity index (χ1v) is 6.78. The number of benzene rings is 1. The third kappa shape index (κ3) is 2.84. The van der Waals surface area contributed by atoms with E-state index in [0.29, 0.717) is 27.0 Å². The zero-order valence-electron chi connectivity index (χ0n) is 10.0. The Balaban J connectivity index is 2.57. The van der Waals surface area contributed by atoms with Crippen molar-refractivity contribution in [2.75, 3.05) is 5.73 Å². The van der Waals surface area contributed by atoms with E-state index in [-0.39, 0.29) is 10.4 Å². The molecule has 4 nitrogen and oxygen atoms in total. The van der Waals surface area contributed by atoms with Crippen LogP contribution in [0.4, 0.5) is 14.5 Å². The molecule has 2 aromatic rings. The molecule has 1 aromatic carbocycles. The molecule has 0 aliphatic carbocycles. The summed E-state index contributed by atoms with van der Waals surface area (Å²) in [5.41, 5.74) is 6.80. The van der Waals surface area contributed by atoms with Crippen molar-refractivity contribution < 1.29 is 13.5 Å². The van der Waals surface area contributed by atoms with Crippen LogP contribution < -0.4 is 10.5 Å². The molecule has 0 spiro atoms. The van der Waals surface area contributed by atoms with Gasteiger partial charge in [0.25, 0.3) is 0 Å². The summed E-state index contributed by atoms with van der Waals surface area (Å²) in [6.45, 7) is -2.96. The van der Waals surface area contributed by atoms with Gasteiger partial charge in [-0.15, -0.1) is 0 Å². The number of rotatable bonds is 3. The number of nitrogen functional groups attached to an aromatic ring is 1. The summed E-state index contributed by atoms with van der Waals surface area (Å²) in [4.78, 5) is 0. The summed E-state index contributed by atoms with van der Waals surface area (Å²) in [5, 5.41) is 4.69. The number of anilines is 1. The largest absolute Gasteiger partial charge is 0.416 e. The molecule has 0 aliphatic heterocycles. The summed E-state index contributed by atoms with van der Waals surface area (Å²) in [6, 6.07) is 2.98. The van der Waals surface area contributed by atoms with E-state index in [9.17, 15) is 8.78 Å². The second-order valence-corrected chi connectivity index (χ2v) is 5.43. The molecule has 0 aliphatic rings. The first-order valence-electron chi connectivity index (χ1n) is 5.23. The molecule has 0 amide bonds. The van der Waals surface area contributed by atoms with Crippen LogP contribution in [0.1, 0.15) is 0 Å². The molecule has 0 atom stereocenters. The molecule has 0 saturated carbocycles. The second-order valence-electron chi connectivity index (χ2n) is 3.82. The molecule has 2 rings (SSSR count). The van der Waals surface area contributed by atoms with Gasteiger partial charge in [0.1, 0.15) is 10.2 Å². The molecule has 0 saturated heterocycles. The van der Waals surface area contributed by atoms with E-state index in [0.717, 1.165) is 0 Å². The Morgan fingerprint density at radius 3 is 2.60 bits per heavy atom. The lowest BCUT2D eigenvalue weighted by Gasteiger charge is -2.06. The SMILES string of the molecule is Cn1nc(-c2cc(N)c(Cl)cc2Cl)c(Br)c1OC(F)F. The lowest BCUT2D eigenvalue weighted by Crippen LogP contribution is -2.06. The summed E-state index contributed by atoms with van der Waals surface area (Å²) in [7, 11) is 1.47. The van der Waals surface area contributed by atoms with Gasteiger partial charge in [-0.1, -0.05) is 23.2 Å². The van der Waals surface area contributed by atoms with E-state index in [1.54, 1.807) is 0 Å². The second kappa shape index (κ2) is 5.75. The molecule has 0 bridgehead atoms. The van der Waals surface area contributed by atoms with E-state index in [1.807, 2.05) is 0 Å². The first kappa shape index (κ1) is 15.3. The minimum atomic E-state index is -2.96. The fraction of sp³-hybridized carbons (Fsp3) is 0.182. The Morgan fingerprint density at radius 1 is 1.35 bits per heavy atom. The number of aryl methyl sites for hydroxylation is 1. The zero-order chi connectivity index (χ0) is 15.0. The van der Waals surface area contributed by atoms with Crippen molar-refractivity contribution in [1.82, 2.24) is 9.78 Å². The van der Waals surface area contributed by atoms with Gasteiger partial charge in [0.2, 0.25) is 5.88 Å². The topological polar surface area (TPSA) is 53.1 Å². The highest BCUT2D eigenvalue weighted by Crippen LogP contribution is 2.40. The molecule has 1 aromatic heterocycles. The molecule has 0 radical (unpaired) electrons. The maximum Gasteiger partial charge on any atom is 0.388 e. The van der Waals surface area contributed by atoms with Crippen LogP contribution in [0, 0.1) is 0 Å². The fourth-order valence-corrected chi connectivity index (χ4v) is 2.73. The van der Waals surface area contributed by atoms with Crippen LogP contribution in [0.15, 0.2) is 16.6 Å². The van der Waals surface area contributed by atoms with E-state index in [4.69, 9.17) is 28.9 Å². The van der Waals surface area contributed by atoms with E-state index >= 15 is 0 Å². The Hall–Kier alpha value is -1.05. The monoisotopic (exact) mass is 385 g/mol. The Labute approximate surface area is 131 Å². The molecule has 0 fully saturated rings. The van der Waals surface area contributed by atoms with E-state index in [2.05, 4.69) is 25.8 Å². The summed E-state index contributed by atoms with van der Waals surface area (Å²) in [6.07, 6.45) is 0. The number of ether oxygens (including phenoxy) is 1. The molecule has 2 N–H and O–H groups in total. The van der Waals surface area contributed by atoms with Crippen molar-refractivity contribution in [2.24, 2.45) is 7.05 Å². The number of nitrogens with zero attached hydrogens (tertiary/aromatic N) is 2. The molecule has 1 heterocycles. The Morgan fingerprint density at radius 2 is 2.00 bits per heavy atom. The van der Waals surface area contributed by atoms with Crippen LogP contribution in [0.25, 0.3) is 11.3 Å². The normalized spacial score (nSPS) is 11.2. The van der Waals surface area contributed by atoms with Gasteiger partial charge in [-0.3, -0.25) is 0 Å². The number of alkyl halides is 2. The molecule has 108 valence electrons. The van der Waals surface area contributed by atoms with Crippen molar-refractivity contribution in [3.63, 3.8) is 0 Å². The molecular weight excluding hydrogens is 379 g/mol. The van der Waals surface area contributed by atoms with Crippen LogP contribution in [0.3, 0.4) is 0 Å². The zero-order valence-corrected chi connectivity index (χ0v) is 13.1. The van der Waals surface area contributed by atoms with Gasteiger partial charge < -0.3 is 10.5 Å². The maximum atomic E-state index is 12.3. The molecule has 9 heteroatoms. The van der Waals surface area contributed by atoms with E-state index in [1.165, 1.54) is 23.9 Å². The highest BCUT2D eigenvalue weighted by molar-refractivity contribution is 9.10. The predicted octanol–water partition coefficient (Wildman–Crippen LogP) is 4.34. The number of hydrogen-bond donors (Lipinski definition) is 1. The average molecular weight is 387 g/mol. The minimum Gasteiger partial charge on any atom is -0.416 e. The minimum absolute atomic E-state index is 0.111. The van der Waals surface area contributed by atoms with Gasteiger partial charge in [-0.2, -0.15) is 13.9 Å². The highest BCUT2D eigenvalue weighted by atomic mass is 79.9. The number of nitrogens with two attached hydrogens (primary N) is 1. The van der Waals surface area contributed by atoms with Gasteiger partial charge >= 0.3 is 6.61 Å². The Kier molecular flexibility index (Phi) is 4.41. The average Bonchev–Trinajstić information content (AvgIpc) is 2.61. The standard InChI is InChI=1S/C11H8BrCl2F2N3O/c1-19-10(20-11(15)16)8(12)9(18-19)4-2-7(17)6(14)3-5(4)13/h2-3,11H,17H2,1H3. The van der Waals surface area contributed by atoms with Crippen molar-refractivity contribution in [2.45, 2.75) is 6.61 Å². The Bertz CT molecular complexity index is 664. The number of hydrogen-bond acceptors (Lipinski definition) is 3. The van der Waals surface area contributed by atoms with Crippen LogP contribution in [-0.2, 0) is 7.05 Å². The third-order valence-corrected chi connectivity index (χ3v) is 3.84. The first-order chi connectivity index (χ1) is 9.31. The summed E-state index contributed by atoms with van der Waals surface area (Å²) >= 11 is 15.1. The lowest BCUT2D eigenvalue weighted by molar-refractivity contribution is -0.0558. The molecule has 0 unspecified atom stereocenters. The van der Waals surface area contributed by atoms with Gasteiger partial charge in [0.15, 0.2) is 0 Å². The van der Waals surface area contributed by atoms with Gasteiger partial charge in [-0.25, -0.2) is 4.68 Å². The maximum absolute atomic E-state index is 12.3. The lowest BCUT2D eigenvalue weighted by atomic mass is 10.1. The third-order valence-electron chi connectivity index (χ3n) is 2.48. The summed E-state index contributed by atoms with van der Waals surface area (Å²) < 4.78 is 30.5. The van der Waals surface area contributed by atoms with Gasteiger partial charge in [0, 0.05) is 12.6 Å². The van der Waals surface area contributed by atoms with Crippen LogP contribution >= 0.6 is 39.1 Å². The van der Waals surface area contributed by atoms with Crippen LogP contribution in [0.2, 0.25) is 10.0 Å². The number of halogens is 5. The van der Waals surface area contributed by atoms with Crippen LogP contribution in [0.5, 0.6) is 5.88 Å². The molecular formula is C11H8BrCl2F2N3O.